The molecule has 0 bridgehead atoms. The van der Waals surface area contributed by atoms with Crippen LogP contribution in [0.5, 0.6) is 0 Å². The maximum atomic E-state index is 6.50. The van der Waals surface area contributed by atoms with E-state index in [-0.39, 0.29) is 0 Å². The Labute approximate surface area is 338 Å². The molecule has 58 heavy (non-hydrogen) atoms. The van der Waals surface area contributed by atoms with Crippen LogP contribution in [0, 0.1) is 0 Å². The van der Waals surface area contributed by atoms with Gasteiger partial charge in [0.15, 0.2) is 0 Å². The van der Waals surface area contributed by atoms with Crippen molar-refractivity contribution in [3.05, 3.63) is 200 Å². The second-order valence-electron chi connectivity index (χ2n) is 14.8. The molecule has 0 aliphatic rings. The maximum absolute atomic E-state index is 6.50. The predicted octanol–water partition coefficient (Wildman–Crippen LogP) is 16.3. The normalized spacial score (nSPS) is 11.8. The molecule has 12 rings (SSSR count). The fourth-order valence-electron chi connectivity index (χ4n) is 8.80. The number of hydrogen-bond donors (Lipinski definition) is 0. The van der Waals surface area contributed by atoms with Crippen molar-refractivity contribution in [2.75, 3.05) is 4.90 Å². The van der Waals surface area contributed by atoms with E-state index in [0.29, 0.717) is 0 Å². The van der Waals surface area contributed by atoms with Crippen molar-refractivity contribution >= 4 is 92.4 Å². The summed E-state index contributed by atoms with van der Waals surface area (Å²) in [6, 6.07) is 71.4. The lowest BCUT2D eigenvalue weighted by Crippen LogP contribution is -2.10. The van der Waals surface area contributed by atoms with Crippen LogP contribution in [0.3, 0.4) is 0 Å². The average Bonchev–Trinajstić information content (AvgIpc) is 3.99. The highest BCUT2D eigenvalue weighted by Crippen LogP contribution is 2.45. The second kappa shape index (κ2) is 13.1. The molecule has 3 aromatic heterocycles. The number of nitrogens with zero attached hydrogens (tertiary/aromatic N) is 1. The summed E-state index contributed by atoms with van der Waals surface area (Å²) < 4.78 is 15.6. The summed E-state index contributed by atoms with van der Waals surface area (Å²) in [6.45, 7) is 0. The first-order valence-electron chi connectivity index (χ1n) is 19.6. The van der Waals surface area contributed by atoms with E-state index >= 15 is 0 Å². The van der Waals surface area contributed by atoms with Gasteiger partial charge in [0, 0.05) is 53.3 Å². The van der Waals surface area contributed by atoms with Crippen molar-refractivity contribution in [2.45, 2.75) is 0 Å². The van der Waals surface area contributed by atoms with Crippen LogP contribution in [0.2, 0.25) is 0 Å². The minimum absolute atomic E-state index is 0.856. The van der Waals surface area contributed by atoms with E-state index in [4.69, 9.17) is 8.83 Å². The third-order valence-electron chi connectivity index (χ3n) is 11.5. The Morgan fingerprint density at radius 2 is 0.983 bits per heavy atom. The summed E-state index contributed by atoms with van der Waals surface area (Å²) in [5.74, 6) is 0. The lowest BCUT2D eigenvalue weighted by atomic mass is 9.97. The zero-order chi connectivity index (χ0) is 38.2. The minimum Gasteiger partial charge on any atom is -0.456 e. The Morgan fingerprint density at radius 1 is 0.362 bits per heavy atom. The van der Waals surface area contributed by atoms with E-state index in [1.54, 1.807) is 0 Å². The molecular weight excluding hydrogens is 727 g/mol. The number of rotatable bonds is 6. The summed E-state index contributed by atoms with van der Waals surface area (Å²) in [6.07, 6.45) is 0. The molecule has 0 saturated heterocycles. The number of thiophene rings is 1. The van der Waals surface area contributed by atoms with E-state index in [1.807, 2.05) is 35.6 Å². The van der Waals surface area contributed by atoms with Gasteiger partial charge in [-0.05, 0) is 88.5 Å². The number of anilines is 3. The molecule has 4 heteroatoms. The smallest absolute Gasteiger partial charge is 0.143 e. The van der Waals surface area contributed by atoms with Crippen molar-refractivity contribution in [1.29, 1.82) is 0 Å². The quantitative estimate of drug-likeness (QED) is 0.169. The van der Waals surface area contributed by atoms with E-state index in [9.17, 15) is 0 Å². The van der Waals surface area contributed by atoms with Crippen molar-refractivity contribution in [3.8, 4) is 33.4 Å². The summed E-state index contributed by atoms with van der Waals surface area (Å²) >= 11 is 1.87. The van der Waals surface area contributed by atoms with Gasteiger partial charge in [-0.15, -0.1) is 11.3 Å². The van der Waals surface area contributed by atoms with Crippen molar-refractivity contribution in [1.82, 2.24) is 0 Å². The third kappa shape index (κ3) is 5.19. The predicted molar refractivity (Wildman–Crippen MR) is 245 cm³/mol. The van der Waals surface area contributed by atoms with Gasteiger partial charge in [-0.3, -0.25) is 0 Å². The van der Waals surface area contributed by atoms with Crippen LogP contribution < -0.4 is 4.90 Å². The first kappa shape index (κ1) is 32.8. The molecule has 3 nitrogen and oxygen atoms in total. The second-order valence-corrected chi connectivity index (χ2v) is 15.9. The van der Waals surface area contributed by atoms with Crippen LogP contribution in [0.4, 0.5) is 17.1 Å². The Balaban J connectivity index is 0.993. The van der Waals surface area contributed by atoms with Crippen LogP contribution in [0.15, 0.2) is 209 Å². The highest BCUT2D eigenvalue weighted by atomic mass is 32.1. The van der Waals surface area contributed by atoms with Gasteiger partial charge in [0.2, 0.25) is 0 Å². The summed E-state index contributed by atoms with van der Waals surface area (Å²) in [7, 11) is 0. The van der Waals surface area contributed by atoms with Gasteiger partial charge in [0.25, 0.3) is 0 Å². The van der Waals surface area contributed by atoms with E-state index in [2.05, 4.69) is 181 Å². The van der Waals surface area contributed by atoms with Crippen LogP contribution in [-0.2, 0) is 0 Å². The van der Waals surface area contributed by atoms with Gasteiger partial charge in [0.05, 0.1) is 11.1 Å². The van der Waals surface area contributed by atoms with Crippen molar-refractivity contribution in [3.63, 3.8) is 0 Å². The summed E-state index contributed by atoms with van der Waals surface area (Å²) in [5.41, 5.74) is 13.6. The molecule has 0 unspecified atom stereocenters. The zero-order valence-corrected chi connectivity index (χ0v) is 32.0. The van der Waals surface area contributed by atoms with E-state index < -0.39 is 0 Å². The van der Waals surface area contributed by atoms with Gasteiger partial charge in [-0.1, -0.05) is 140 Å². The molecule has 0 atom stereocenters. The molecule has 9 aromatic carbocycles. The molecule has 0 aliphatic carbocycles. The van der Waals surface area contributed by atoms with Gasteiger partial charge in [0.1, 0.15) is 22.3 Å². The zero-order valence-electron chi connectivity index (χ0n) is 31.2. The highest BCUT2D eigenvalue weighted by Gasteiger charge is 2.21. The number of fused-ring (bicyclic) bond motifs is 9. The first-order chi connectivity index (χ1) is 28.7. The van der Waals surface area contributed by atoms with Crippen molar-refractivity contribution in [2.24, 2.45) is 0 Å². The van der Waals surface area contributed by atoms with Gasteiger partial charge in [-0.25, -0.2) is 0 Å². The standard InChI is InChI=1S/C54H33NO2S/c1-4-24-48-42(16-1)44-21-9-19-40(53(44)57-48)37-14-8-15-39(33-37)55(47-23-11-26-50-52(47)46-18-2-5-25-49(46)56-50)38-30-28-34(29-31-38)35-12-7-13-36(32-35)41-20-10-22-45-43-17-3-6-27-51(43)58-54(41)45/h1-33H. The highest BCUT2D eigenvalue weighted by molar-refractivity contribution is 7.26. The fourth-order valence-corrected chi connectivity index (χ4v) is 10.0. The molecule has 0 radical (unpaired) electrons. The molecule has 0 N–H and O–H groups in total. The SMILES string of the molecule is c1cc(-c2ccc(N(c3cccc(-c4cccc5c4oc4ccccc45)c3)c3cccc4oc5ccccc5c34)cc2)cc(-c2cccc3c2sc2ccccc23)c1. The Morgan fingerprint density at radius 3 is 1.84 bits per heavy atom. The van der Waals surface area contributed by atoms with Crippen LogP contribution >= 0.6 is 11.3 Å². The largest absolute Gasteiger partial charge is 0.456 e. The average molecular weight is 760 g/mol. The van der Waals surface area contributed by atoms with E-state index in [0.717, 1.165) is 77.6 Å². The van der Waals surface area contributed by atoms with E-state index in [1.165, 1.54) is 36.9 Å². The first-order valence-corrected chi connectivity index (χ1v) is 20.4. The molecule has 0 aliphatic heterocycles. The number of hydrogen-bond acceptors (Lipinski definition) is 4. The van der Waals surface area contributed by atoms with Crippen LogP contribution in [0.1, 0.15) is 0 Å². The number of furan rings is 2. The van der Waals surface area contributed by atoms with Gasteiger partial charge < -0.3 is 13.7 Å². The number of benzene rings is 9. The molecule has 0 amide bonds. The number of para-hydroxylation sites is 3. The lowest BCUT2D eigenvalue weighted by Gasteiger charge is -2.27. The third-order valence-corrected chi connectivity index (χ3v) is 12.7. The Kier molecular flexibility index (Phi) is 7.40. The minimum atomic E-state index is 0.856. The van der Waals surface area contributed by atoms with Crippen LogP contribution in [0.25, 0.3) is 97.4 Å². The molecule has 0 spiro atoms. The molecule has 272 valence electrons. The summed E-state index contributed by atoms with van der Waals surface area (Å²) in [4.78, 5) is 2.36. The van der Waals surface area contributed by atoms with Crippen molar-refractivity contribution < 1.29 is 8.83 Å². The molecule has 3 heterocycles. The molecular formula is C54H33NO2S. The molecule has 0 saturated carbocycles. The topological polar surface area (TPSA) is 29.5 Å². The maximum Gasteiger partial charge on any atom is 0.143 e. The lowest BCUT2D eigenvalue weighted by molar-refractivity contribution is 0.669. The summed E-state index contributed by atoms with van der Waals surface area (Å²) in [5, 5.41) is 7.03. The molecule has 0 fully saturated rings. The van der Waals surface area contributed by atoms with Gasteiger partial charge >= 0.3 is 0 Å². The monoisotopic (exact) mass is 759 g/mol. The Hall–Kier alpha value is -7.40. The fraction of sp³-hybridized carbons (Fsp3) is 0. The van der Waals surface area contributed by atoms with Gasteiger partial charge in [-0.2, -0.15) is 0 Å². The van der Waals surface area contributed by atoms with Crippen LogP contribution in [-0.4, -0.2) is 0 Å². The Bertz CT molecular complexity index is 3530. The molecule has 12 aromatic rings.